The minimum Gasteiger partial charge on any atom is -0.316 e. The number of hydrogen-bond acceptors (Lipinski definition) is 2. The second-order valence-electron chi connectivity index (χ2n) is 8.88. The Balaban J connectivity index is 1.65. The van der Waals surface area contributed by atoms with Crippen molar-refractivity contribution in [1.82, 2.24) is 5.32 Å². The van der Waals surface area contributed by atoms with Crippen LogP contribution in [0.2, 0.25) is 0 Å². The van der Waals surface area contributed by atoms with Crippen molar-refractivity contribution in [2.24, 2.45) is 34.5 Å². The summed E-state index contributed by atoms with van der Waals surface area (Å²) < 4.78 is 0. The predicted molar refractivity (Wildman–Crippen MR) is 85.0 cm³/mol. The van der Waals surface area contributed by atoms with E-state index in [1.807, 2.05) is 0 Å². The van der Waals surface area contributed by atoms with Gasteiger partial charge in [0.2, 0.25) is 0 Å². The Morgan fingerprint density at radius 3 is 2.76 bits per heavy atom. The third kappa shape index (κ3) is 1.90. The Bertz CT molecular complexity index is 447. The maximum atomic E-state index is 12.4. The average Bonchev–Trinajstić information content (AvgIpc) is 2.65. The summed E-state index contributed by atoms with van der Waals surface area (Å²) in [7, 11) is 0. The molecule has 0 aromatic rings. The van der Waals surface area contributed by atoms with Crippen LogP contribution in [0.15, 0.2) is 0 Å². The molecular weight excluding hydrogens is 258 g/mol. The van der Waals surface area contributed by atoms with Crippen LogP contribution in [0.5, 0.6) is 0 Å². The molecule has 118 valence electrons. The van der Waals surface area contributed by atoms with E-state index in [-0.39, 0.29) is 5.41 Å². The zero-order chi connectivity index (χ0) is 14.7. The summed E-state index contributed by atoms with van der Waals surface area (Å²) in [6.45, 7) is 7.34. The lowest BCUT2D eigenvalue weighted by Gasteiger charge is -2.57. The van der Waals surface area contributed by atoms with Crippen molar-refractivity contribution < 1.29 is 4.79 Å². The highest BCUT2D eigenvalue weighted by Gasteiger charge is 2.59. The van der Waals surface area contributed by atoms with E-state index in [1.54, 1.807) is 0 Å². The standard InChI is InChI=1S/C19H31NO/c1-18-9-3-11-20-12-13(18)4-5-14-15-6-7-17(21)19(15,2)10-8-16(14)18/h13-16,20H,3-12H2,1-2H3. The first-order valence-corrected chi connectivity index (χ1v) is 9.30. The Hall–Kier alpha value is -0.370. The number of nitrogens with one attached hydrogen (secondary N) is 1. The van der Waals surface area contributed by atoms with Crippen LogP contribution in [-0.4, -0.2) is 18.9 Å². The van der Waals surface area contributed by atoms with E-state index >= 15 is 0 Å². The fourth-order valence-corrected chi connectivity index (χ4v) is 6.90. The zero-order valence-corrected chi connectivity index (χ0v) is 13.8. The van der Waals surface area contributed by atoms with Crippen molar-refractivity contribution in [2.45, 2.75) is 65.2 Å². The van der Waals surface area contributed by atoms with E-state index in [4.69, 9.17) is 0 Å². The van der Waals surface area contributed by atoms with Crippen LogP contribution in [0.1, 0.15) is 65.2 Å². The molecule has 0 spiro atoms. The van der Waals surface area contributed by atoms with E-state index in [0.717, 1.165) is 24.2 Å². The molecule has 21 heavy (non-hydrogen) atoms. The van der Waals surface area contributed by atoms with Crippen LogP contribution in [-0.2, 0) is 4.79 Å². The third-order valence-corrected chi connectivity index (χ3v) is 8.23. The first-order chi connectivity index (χ1) is 10.1. The van der Waals surface area contributed by atoms with Crippen molar-refractivity contribution in [1.29, 1.82) is 0 Å². The molecule has 0 aromatic heterocycles. The minimum atomic E-state index is 0.0490. The van der Waals surface area contributed by atoms with E-state index in [0.29, 0.717) is 17.1 Å². The molecule has 3 saturated carbocycles. The van der Waals surface area contributed by atoms with E-state index < -0.39 is 0 Å². The van der Waals surface area contributed by atoms with Crippen LogP contribution in [0, 0.1) is 34.5 Å². The molecule has 4 aliphatic rings. The minimum absolute atomic E-state index is 0.0490. The number of hydrogen-bond donors (Lipinski definition) is 1. The summed E-state index contributed by atoms with van der Waals surface area (Å²) in [6.07, 6.45) is 10.1. The van der Waals surface area contributed by atoms with Gasteiger partial charge in [0.05, 0.1) is 0 Å². The quantitative estimate of drug-likeness (QED) is 0.735. The third-order valence-electron chi connectivity index (χ3n) is 8.23. The molecular formula is C19H31NO. The Morgan fingerprint density at radius 2 is 1.90 bits per heavy atom. The largest absolute Gasteiger partial charge is 0.316 e. The van der Waals surface area contributed by atoms with Crippen molar-refractivity contribution in [2.75, 3.05) is 13.1 Å². The number of carbonyl (C=O) groups excluding carboxylic acids is 1. The highest BCUT2D eigenvalue weighted by atomic mass is 16.1. The van der Waals surface area contributed by atoms with Gasteiger partial charge < -0.3 is 5.32 Å². The zero-order valence-electron chi connectivity index (χ0n) is 13.8. The van der Waals surface area contributed by atoms with Crippen molar-refractivity contribution in [3.63, 3.8) is 0 Å². The first kappa shape index (κ1) is 14.2. The van der Waals surface area contributed by atoms with Crippen LogP contribution >= 0.6 is 0 Å². The molecule has 0 amide bonds. The van der Waals surface area contributed by atoms with Gasteiger partial charge in [0.1, 0.15) is 5.78 Å². The molecule has 1 saturated heterocycles. The lowest BCUT2D eigenvalue weighted by molar-refractivity contribution is -0.136. The molecule has 2 nitrogen and oxygen atoms in total. The fourth-order valence-electron chi connectivity index (χ4n) is 6.90. The Labute approximate surface area is 129 Å². The van der Waals surface area contributed by atoms with Crippen LogP contribution < -0.4 is 5.32 Å². The molecule has 1 aliphatic heterocycles. The molecule has 2 heteroatoms. The van der Waals surface area contributed by atoms with Gasteiger partial charge in [-0.25, -0.2) is 0 Å². The van der Waals surface area contributed by atoms with Crippen molar-refractivity contribution in [3.8, 4) is 0 Å². The van der Waals surface area contributed by atoms with Crippen LogP contribution in [0.3, 0.4) is 0 Å². The van der Waals surface area contributed by atoms with Gasteiger partial charge in [-0.05, 0) is 87.1 Å². The summed E-state index contributed by atoms with van der Waals surface area (Å²) in [6, 6.07) is 0. The molecule has 0 aromatic carbocycles. The summed E-state index contributed by atoms with van der Waals surface area (Å²) in [4.78, 5) is 12.4. The molecule has 4 fully saturated rings. The van der Waals surface area contributed by atoms with E-state index in [9.17, 15) is 4.79 Å². The lowest BCUT2D eigenvalue weighted by Crippen LogP contribution is -2.52. The molecule has 0 bridgehead atoms. The van der Waals surface area contributed by atoms with Gasteiger partial charge in [0, 0.05) is 11.8 Å². The highest BCUT2D eigenvalue weighted by Crippen LogP contribution is 2.63. The second-order valence-corrected chi connectivity index (χ2v) is 8.88. The normalized spacial score (nSPS) is 53.5. The number of Topliss-reactive ketones (excluding diaryl/α,β-unsaturated/α-hetero) is 1. The molecule has 6 atom stereocenters. The molecule has 4 rings (SSSR count). The topological polar surface area (TPSA) is 29.1 Å². The Kier molecular flexibility index (Phi) is 3.26. The SMILES string of the molecule is CC12CCC3C(CCC4CNCCCC43C)C1CCC2=O. The van der Waals surface area contributed by atoms with Crippen LogP contribution in [0.4, 0.5) is 0 Å². The fraction of sp³-hybridized carbons (Fsp3) is 0.947. The number of carbonyl (C=O) groups is 1. The van der Waals surface area contributed by atoms with Gasteiger partial charge in [0.25, 0.3) is 0 Å². The average molecular weight is 289 g/mol. The van der Waals surface area contributed by atoms with Crippen LogP contribution in [0.25, 0.3) is 0 Å². The maximum Gasteiger partial charge on any atom is 0.139 e. The van der Waals surface area contributed by atoms with Gasteiger partial charge in [0.15, 0.2) is 0 Å². The summed E-state index contributed by atoms with van der Waals surface area (Å²) in [5, 5.41) is 3.67. The van der Waals surface area contributed by atoms with Crippen molar-refractivity contribution in [3.05, 3.63) is 0 Å². The molecule has 1 N–H and O–H groups in total. The lowest BCUT2D eigenvalue weighted by atomic mass is 9.47. The second kappa shape index (κ2) is 4.81. The number of ketones is 1. The first-order valence-electron chi connectivity index (χ1n) is 9.30. The molecule has 0 radical (unpaired) electrons. The monoisotopic (exact) mass is 289 g/mol. The predicted octanol–water partition coefficient (Wildman–Crippen LogP) is 3.80. The molecule has 6 unspecified atom stereocenters. The molecule has 1 heterocycles. The number of fused-ring (bicyclic) bond motifs is 5. The smallest absolute Gasteiger partial charge is 0.139 e. The summed E-state index contributed by atoms with van der Waals surface area (Å²) >= 11 is 0. The van der Waals surface area contributed by atoms with Gasteiger partial charge in [-0.3, -0.25) is 4.79 Å². The van der Waals surface area contributed by atoms with Gasteiger partial charge in [-0.1, -0.05) is 13.8 Å². The van der Waals surface area contributed by atoms with Crippen molar-refractivity contribution >= 4 is 5.78 Å². The van der Waals surface area contributed by atoms with E-state index in [2.05, 4.69) is 19.2 Å². The Morgan fingerprint density at radius 1 is 1.05 bits per heavy atom. The van der Waals surface area contributed by atoms with Gasteiger partial charge in [-0.2, -0.15) is 0 Å². The van der Waals surface area contributed by atoms with Gasteiger partial charge in [-0.15, -0.1) is 0 Å². The van der Waals surface area contributed by atoms with Gasteiger partial charge >= 0.3 is 0 Å². The maximum absolute atomic E-state index is 12.4. The van der Waals surface area contributed by atoms with E-state index in [1.165, 1.54) is 58.0 Å². The molecule has 3 aliphatic carbocycles. The summed E-state index contributed by atoms with van der Waals surface area (Å²) in [5.41, 5.74) is 0.590. The summed E-state index contributed by atoms with van der Waals surface area (Å²) in [5.74, 6) is 3.90. The highest BCUT2D eigenvalue weighted by molar-refractivity contribution is 5.87. The number of rotatable bonds is 0.